The molecule has 3 N–H and O–H groups in total. The minimum Gasteiger partial charge on any atom is -0.448 e. The normalized spacial score (nSPS) is 18.7. The predicted molar refractivity (Wildman–Crippen MR) is 174 cm³/mol. The second-order valence-corrected chi connectivity index (χ2v) is 12.2. The second kappa shape index (κ2) is 15.4. The van der Waals surface area contributed by atoms with E-state index in [2.05, 4.69) is 27.0 Å². The highest BCUT2D eigenvalue weighted by Crippen LogP contribution is 2.31. The molecule has 1 fully saturated rings. The summed E-state index contributed by atoms with van der Waals surface area (Å²) in [6.07, 6.45) is 4.30. The van der Waals surface area contributed by atoms with Crippen LogP contribution in [0.4, 0.5) is 23.7 Å². The number of fused-ring (bicyclic) bond motifs is 1. The minimum absolute atomic E-state index is 0.0433. The van der Waals surface area contributed by atoms with Gasteiger partial charge < -0.3 is 25.4 Å². The molecule has 0 bridgehead atoms. The van der Waals surface area contributed by atoms with Gasteiger partial charge in [-0.3, -0.25) is 9.78 Å². The molecule has 0 spiro atoms. The van der Waals surface area contributed by atoms with E-state index in [0.29, 0.717) is 36.3 Å². The molecule has 48 heavy (non-hydrogen) atoms. The third-order valence-corrected chi connectivity index (χ3v) is 8.94. The van der Waals surface area contributed by atoms with Gasteiger partial charge in [0.2, 0.25) is 5.91 Å². The van der Waals surface area contributed by atoms with Gasteiger partial charge in [-0.05, 0) is 72.2 Å². The maximum atomic E-state index is 15.0. The molecule has 0 saturated carbocycles. The van der Waals surface area contributed by atoms with Crippen LogP contribution >= 0.6 is 0 Å². The maximum absolute atomic E-state index is 15.0. The molecule has 1 aromatic heterocycles. The molecule has 1 aliphatic carbocycles. The standard InChI is InChI=1S/C37H37F3N4O4/c38-26-10-5-24(6-11-26)32(25-7-12-27(39)13-8-25)17-36(45)43-35-20-41-19-33(40)31(35)15-14-29-18-42-28(21-47-29)22-48-37(46)44-34-16-9-23-3-1-2-4-30(23)34/h1-8,10-13,19-20,28-29,32,34,42H,9,14-18,21-22H2,(H,43,45)(H,44,46). The van der Waals surface area contributed by atoms with Gasteiger partial charge in [-0.1, -0.05) is 48.5 Å². The molecule has 2 aliphatic rings. The number of hydrogen-bond donors (Lipinski definition) is 3. The number of aryl methyl sites for hydroxylation is 1. The first-order valence-corrected chi connectivity index (χ1v) is 16.1. The van der Waals surface area contributed by atoms with E-state index >= 15 is 0 Å². The molecule has 2 heterocycles. The van der Waals surface area contributed by atoms with Crippen LogP contribution in [0.3, 0.4) is 0 Å². The largest absolute Gasteiger partial charge is 0.448 e. The number of carbonyl (C=O) groups is 2. The van der Waals surface area contributed by atoms with Crippen molar-refractivity contribution < 1.29 is 32.2 Å². The average molecular weight is 659 g/mol. The third kappa shape index (κ3) is 8.39. The van der Waals surface area contributed by atoms with Crippen molar-refractivity contribution in [3.05, 3.63) is 130 Å². The SMILES string of the molecule is O=C(CC(c1ccc(F)cc1)c1ccc(F)cc1)Nc1cncc(F)c1CCC1CNC(COC(=O)NC2CCc3ccccc32)CO1. The van der Waals surface area contributed by atoms with E-state index in [1.807, 2.05) is 18.2 Å². The molecular weight excluding hydrogens is 621 g/mol. The molecular formula is C37H37F3N4O4. The molecule has 0 radical (unpaired) electrons. The summed E-state index contributed by atoms with van der Waals surface area (Å²) in [6, 6.07) is 19.4. The first-order chi connectivity index (χ1) is 23.3. The topological polar surface area (TPSA) is 102 Å². The molecule has 1 aliphatic heterocycles. The predicted octanol–water partition coefficient (Wildman–Crippen LogP) is 6.36. The van der Waals surface area contributed by atoms with Gasteiger partial charge in [0.05, 0.1) is 42.9 Å². The maximum Gasteiger partial charge on any atom is 0.407 e. The molecule has 4 aromatic rings. The minimum atomic E-state index is -0.549. The number of hydrogen-bond acceptors (Lipinski definition) is 6. The molecule has 3 atom stereocenters. The first-order valence-electron chi connectivity index (χ1n) is 16.1. The summed E-state index contributed by atoms with van der Waals surface area (Å²) in [7, 11) is 0. The van der Waals surface area contributed by atoms with Crippen molar-refractivity contribution >= 4 is 17.7 Å². The van der Waals surface area contributed by atoms with Gasteiger partial charge >= 0.3 is 6.09 Å². The summed E-state index contributed by atoms with van der Waals surface area (Å²) in [5, 5.41) is 9.08. The number of ether oxygens (including phenoxy) is 2. The van der Waals surface area contributed by atoms with Crippen molar-refractivity contribution in [3.63, 3.8) is 0 Å². The lowest BCUT2D eigenvalue weighted by atomic mass is 9.88. The highest BCUT2D eigenvalue weighted by molar-refractivity contribution is 5.92. The number of rotatable bonds is 11. The summed E-state index contributed by atoms with van der Waals surface area (Å²) in [5.74, 6) is -2.26. The molecule has 11 heteroatoms. The van der Waals surface area contributed by atoms with Crippen LogP contribution in [0.5, 0.6) is 0 Å². The Kier molecular flexibility index (Phi) is 10.7. The number of nitrogens with one attached hydrogen (secondary N) is 3. The monoisotopic (exact) mass is 658 g/mol. The van der Waals surface area contributed by atoms with E-state index in [4.69, 9.17) is 9.47 Å². The zero-order chi connectivity index (χ0) is 33.5. The zero-order valence-electron chi connectivity index (χ0n) is 26.3. The van der Waals surface area contributed by atoms with Gasteiger partial charge in [-0.15, -0.1) is 0 Å². The number of carbonyl (C=O) groups excluding carboxylic acids is 2. The van der Waals surface area contributed by atoms with Gasteiger partial charge in [0, 0.05) is 24.4 Å². The van der Waals surface area contributed by atoms with E-state index in [1.54, 1.807) is 24.3 Å². The number of benzene rings is 3. The lowest BCUT2D eigenvalue weighted by Gasteiger charge is -2.30. The summed E-state index contributed by atoms with van der Waals surface area (Å²) in [4.78, 5) is 29.7. The number of pyridine rings is 1. The number of aromatic nitrogens is 1. The summed E-state index contributed by atoms with van der Waals surface area (Å²) in [5.41, 5.74) is 4.29. The first kappa shape index (κ1) is 33.2. The van der Waals surface area contributed by atoms with Crippen molar-refractivity contribution in [2.75, 3.05) is 25.1 Å². The van der Waals surface area contributed by atoms with Crippen molar-refractivity contribution in [1.82, 2.24) is 15.6 Å². The van der Waals surface area contributed by atoms with Gasteiger partial charge in [-0.25, -0.2) is 18.0 Å². The molecule has 3 aromatic carbocycles. The van der Waals surface area contributed by atoms with E-state index in [-0.39, 0.29) is 43.3 Å². The fourth-order valence-corrected chi connectivity index (χ4v) is 6.36. The Bertz CT molecular complexity index is 1670. The number of halogens is 3. The Morgan fingerprint density at radius 1 is 0.958 bits per heavy atom. The number of anilines is 1. The highest BCUT2D eigenvalue weighted by atomic mass is 19.1. The lowest BCUT2D eigenvalue weighted by Crippen LogP contribution is -2.49. The van der Waals surface area contributed by atoms with Gasteiger partial charge in [-0.2, -0.15) is 0 Å². The summed E-state index contributed by atoms with van der Waals surface area (Å²) >= 11 is 0. The number of nitrogens with zero attached hydrogens (tertiary/aromatic N) is 1. The molecule has 6 rings (SSSR count). The van der Waals surface area contributed by atoms with Crippen LogP contribution in [0.1, 0.15) is 59.0 Å². The van der Waals surface area contributed by atoms with Gasteiger partial charge in [0.1, 0.15) is 24.1 Å². The van der Waals surface area contributed by atoms with Crippen LogP contribution in [0, 0.1) is 17.5 Å². The van der Waals surface area contributed by atoms with E-state index in [1.165, 1.54) is 36.0 Å². The molecule has 1 saturated heterocycles. The summed E-state index contributed by atoms with van der Waals surface area (Å²) in [6.45, 7) is 0.955. The fourth-order valence-electron chi connectivity index (χ4n) is 6.36. The highest BCUT2D eigenvalue weighted by Gasteiger charge is 2.27. The molecule has 250 valence electrons. The fraction of sp³-hybridized carbons (Fsp3) is 0.324. The third-order valence-electron chi connectivity index (χ3n) is 8.94. The van der Waals surface area contributed by atoms with Crippen molar-refractivity contribution in [2.45, 2.75) is 56.2 Å². The van der Waals surface area contributed by atoms with Crippen LogP contribution in [-0.4, -0.2) is 48.9 Å². The van der Waals surface area contributed by atoms with Gasteiger partial charge in [0.25, 0.3) is 0 Å². The Labute approximate surface area is 277 Å². The van der Waals surface area contributed by atoms with Crippen molar-refractivity contribution in [2.24, 2.45) is 0 Å². The van der Waals surface area contributed by atoms with Crippen LogP contribution < -0.4 is 16.0 Å². The Morgan fingerprint density at radius 2 is 1.67 bits per heavy atom. The van der Waals surface area contributed by atoms with Crippen LogP contribution in [-0.2, 0) is 27.1 Å². The summed E-state index contributed by atoms with van der Waals surface area (Å²) < 4.78 is 53.7. The average Bonchev–Trinajstić information content (AvgIpc) is 3.50. The van der Waals surface area contributed by atoms with E-state index in [0.717, 1.165) is 24.6 Å². The number of amides is 2. The van der Waals surface area contributed by atoms with Gasteiger partial charge in [0.15, 0.2) is 0 Å². The lowest BCUT2D eigenvalue weighted by molar-refractivity contribution is -0.116. The van der Waals surface area contributed by atoms with E-state index in [9.17, 15) is 22.8 Å². The van der Waals surface area contributed by atoms with Crippen LogP contribution in [0.25, 0.3) is 0 Å². The zero-order valence-corrected chi connectivity index (χ0v) is 26.3. The number of morpholine rings is 1. The van der Waals surface area contributed by atoms with Crippen molar-refractivity contribution in [1.29, 1.82) is 0 Å². The van der Waals surface area contributed by atoms with Crippen molar-refractivity contribution in [3.8, 4) is 0 Å². The quantitative estimate of drug-likeness (QED) is 0.173. The van der Waals surface area contributed by atoms with Crippen LogP contribution in [0.15, 0.2) is 85.2 Å². The Hall–Kier alpha value is -4.74. The molecule has 3 unspecified atom stereocenters. The van der Waals surface area contributed by atoms with Crippen LogP contribution in [0.2, 0.25) is 0 Å². The number of alkyl carbamates (subject to hydrolysis) is 1. The molecule has 2 amide bonds. The second-order valence-electron chi connectivity index (χ2n) is 12.2. The van der Waals surface area contributed by atoms with E-state index < -0.39 is 35.4 Å². The Balaban J connectivity index is 0.992. The Morgan fingerprint density at radius 3 is 2.35 bits per heavy atom. The molecule has 8 nitrogen and oxygen atoms in total. The smallest absolute Gasteiger partial charge is 0.407 e.